The number of ether oxygens (including phenoxy) is 1. The molecule has 1 fully saturated rings. The van der Waals surface area contributed by atoms with Crippen LogP contribution in [-0.2, 0) is 16.0 Å². The first-order valence-electron chi connectivity index (χ1n) is 6.92. The SMILES string of the molecule is CC1(OCC(=O)NCCc2ccc(C(=O)O)cc2)CNC1. The second-order valence-electron chi connectivity index (χ2n) is 5.44. The Bertz CT molecular complexity index is 509. The predicted octanol–water partition coefficient (Wildman–Crippen LogP) is 0.422. The third-order valence-electron chi connectivity index (χ3n) is 3.49. The summed E-state index contributed by atoms with van der Waals surface area (Å²) in [5, 5.41) is 14.7. The molecule has 1 aromatic rings. The van der Waals surface area contributed by atoms with Gasteiger partial charge in [0.05, 0.1) is 11.2 Å². The third-order valence-corrected chi connectivity index (χ3v) is 3.49. The number of carbonyl (C=O) groups is 2. The van der Waals surface area contributed by atoms with Crippen molar-refractivity contribution in [2.45, 2.75) is 18.9 Å². The maximum atomic E-state index is 11.6. The average Bonchev–Trinajstić information content (AvgIpc) is 2.43. The van der Waals surface area contributed by atoms with Crippen molar-refractivity contribution < 1.29 is 19.4 Å². The maximum Gasteiger partial charge on any atom is 0.335 e. The third kappa shape index (κ3) is 4.54. The molecule has 0 saturated carbocycles. The fourth-order valence-corrected chi connectivity index (χ4v) is 2.03. The van der Waals surface area contributed by atoms with Crippen LogP contribution >= 0.6 is 0 Å². The van der Waals surface area contributed by atoms with Gasteiger partial charge in [-0.1, -0.05) is 12.1 Å². The first-order chi connectivity index (χ1) is 9.98. The normalized spacial score (nSPS) is 16.0. The van der Waals surface area contributed by atoms with Gasteiger partial charge in [0, 0.05) is 19.6 Å². The van der Waals surface area contributed by atoms with Gasteiger partial charge in [-0.2, -0.15) is 0 Å². The molecule has 21 heavy (non-hydrogen) atoms. The second kappa shape index (κ2) is 6.69. The molecule has 2 rings (SSSR count). The standard InChI is InChI=1S/C15H20N2O4/c1-15(9-16-10-15)21-8-13(18)17-7-6-11-2-4-12(5-3-11)14(19)20/h2-5,16H,6-10H2,1H3,(H,17,18)(H,19,20). The molecule has 1 aliphatic heterocycles. The summed E-state index contributed by atoms with van der Waals surface area (Å²) in [5.41, 5.74) is 1.03. The van der Waals surface area contributed by atoms with E-state index in [9.17, 15) is 9.59 Å². The first kappa shape index (κ1) is 15.5. The van der Waals surface area contributed by atoms with Crippen LogP contribution in [-0.4, -0.2) is 48.8 Å². The Hall–Kier alpha value is -1.92. The van der Waals surface area contributed by atoms with E-state index >= 15 is 0 Å². The van der Waals surface area contributed by atoms with Crippen molar-refractivity contribution in [1.29, 1.82) is 0 Å². The second-order valence-corrected chi connectivity index (χ2v) is 5.44. The molecule has 0 spiro atoms. The van der Waals surface area contributed by atoms with Crippen molar-refractivity contribution in [3.8, 4) is 0 Å². The molecular weight excluding hydrogens is 272 g/mol. The summed E-state index contributed by atoms with van der Waals surface area (Å²) in [6.45, 7) is 4.09. The van der Waals surface area contributed by atoms with E-state index in [0.717, 1.165) is 18.7 Å². The Kier molecular flexibility index (Phi) is 4.93. The number of nitrogens with one attached hydrogen (secondary N) is 2. The van der Waals surface area contributed by atoms with Crippen molar-refractivity contribution in [3.05, 3.63) is 35.4 Å². The van der Waals surface area contributed by atoms with Crippen LogP contribution in [0.2, 0.25) is 0 Å². The number of rotatable bonds is 7. The van der Waals surface area contributed by atoms with Gasteiger partial charge in [0.25, 0.3) is 0 Å². The summed E-state index contributed by atoms with van der Waals surface area (Å²) in [4.78, 5) is 22.4. The Balaban J connectivity index is 1.66. The van der Waals surface area contributed by atoms with Crippen molar-refractivity contribution in [2.75, 3.05) is 26.2 Å². The minimum Gasteiger partial charge on any atom is -0.478 e. The maximum absolute atomic E-state index is 11.6. The quantitative estimate of drug-likeness (QED) is 0.678. The molecule has 0 atom stereocenters. The van der Waals surface area contributed by atoms with Crippen LogP contribution < -0.4 is 10.6 Å². The molecular formula is C15H20N2O4. The molecule has 1 amide bonds. The summed E-state index contributed by atoms with van der Waals surface area (Å²) >= 11 is 0. The Morgan fingerprint density at radius 1 is 1.33 bits per heavy atom. The smallest absolute Gasteiger partial charge is 0.335 e. The monoisotopic (exact) mass is 292 g/mol. The fourth-order valence-electron chi connectivity index (χ4n) is 2.03. The molecule has 1 heterocycles. The summed E-state index contributed by atoms with van der Waals surface area (Å²) in [6, 6.07) is 6.64. The van der Waals surface area contributed by atoms with Crippen molar-refractivity contribution in [1.82, 2.24) is 10.6 Å². The summed E-state index contributed by atoms with van der Waals surface area (Å²) in [6.07, 6.45) is 0.657. The number of aromatic carboxylic acids is 1. The molecule has 6 heteroatoms. The summed E-state index contributed by atoms with van der Waals surface area (Å²) in [7, 11) is 0. The van der Waals surface area contributed by atoms with Gasteiger partial charge in [-0.05, 0) is 31.0 Å². The minimum atomic E-state index is -0.939. The largest absolute Gasteiger partial charge is 0.478 e. The van der Waals surface area contributed by atoms with E-state index in [4.69, 9.17) is 9.84 Å². The number of carboxylic acid groups (broad SMARTS) is 1. The van der Waals surface area contributed by atoms with E-state index in [2.05, 4.69) is 10.6 Å². The van der Waals surface area contributed by atoms with E-state index < -0.39 is 5.97 Å². The van der Waals surface area contributed by atoms with Crippen LogP contribution in [0.5, 0.6) is 0 Å². The zero-order valence-electron chi connectivity index (χ0n) is 12.0. The molecule has 1 saturated heterocycles. The first-order valence-corrected chi connectivity index (χ1v) is 6.92. The van der Waals surface area contributed by atoms with Crippen molar-refractivity contribution >= 4 is 11.9 Å². The van der Waals surface area contributed by atoms with Gasteiger partial charge in [-0.3, -0.25) is 4.79 Å². The number of hydrogen-bond acceptors (Lipinski definition) is 4. The highest BCUT2D eigenvalue weighted by Crippen LogP contribution is 2.14. The number of carbonyl (C=O) groups excluding carboxylic acids is 1. The Morgan fingerprint density at radius 2 is 2.00 bits per heavy atom. The fraction of sp³-hybridized carbons (Fsp3) is 0.467. The molecule has 0 aromatic heterocycles. The molecule has 0 aliphatic carbocycles. The van der Waals surface area contributed by atoms with E-state index in [0.29, 0.717) is 13.0 Å². The highest BCUT2D eigenvalue weighted by atomic mass is 16.5. The number of amides is 1. The van der Waals surface area contributed by atoms with Gasteiger partial charge in [0.15, 0.2) is 0 Å². The van der Waals surface area contributed by atoms with E-state index in [1.807, 2.05) is 6.92 Å². The van der Waals surface area contributed by atoms with Crippen LogP contribution in [0.1, 0.15) is 22.8 Å². The zero-order valence-corrected chi connectivity index (χ0v) is 12.0. The molecule has 114 valence electrons. The van der Waals surface area contributed by atoms with Crippen LogP contribution in [0.3, 0.4) is 0 Å². The van der Waals surface area contributed by atoms with Gasteiger partial charge in [-0.15, -0.1) is 0 Å². The highest BCUT2D eigenvalue weighted by molar-refractivity contribution is 5.87. The molecule has 1 aromatic carbocycles. The summed E-state index contributed by atoms with van der Waals surface area (Å²) in [5.74, 6) is -1.07. The molecule has 1 aliphatic rings. The molecule has 0 unspecified atom stereocenters. The van der Waals surface area contributed by atoms with Gasteiger partial charge in [-0.25, -0.2) is 4.79 Å². The molecule has 6 nitrogen and oxygen atoms in total. The minimum absolute atomic E-state index is 0.0656. The van der Waals surface area contributed by atoms with Crippen molar-refractivity contribution in [3.63, 3.8) is 0 Å². The Labute approximate surface area is 123 Å². The van der Waals surface area contributed by atoms with E-state index in [1.165, 1.54) is 0 Å². The number of hydrogen-bond donors (Lipinski definition) is 3. The van der Waals surface area contributed by atoms with E-state index in [1.54, 1.807) is 24.3 Å². The zero-order chi connectivity index (χ0) is 15.3. The lowest BCUT2D eigenvalue weighted by Crippen LogP contribution is -2.59. The van der Waals surface area contributed by atoms with Crippen LogP contribution in [0, 0.1) is 0 Å². The van der Waals surface area contributed by atoms with Gasteiger partial charge in [0.2, 0.25) is 5.91 Å². The summed E-state index contributed by atoms with van der Waals surface area (Å²) < 4.78 is 5.53. The topological polar surface area (TPSA) is 87.7 Å². The molecule has 3 N–H and O–H groups in total. The van der Waals surface area contributed by atoms with Crippen LogP contribution in [0.25, 0.3) is 0 Å². The molecule has 0 bridgehead atoms. The van der Waals surface area contributed by atoms with E-state index in [-0.39, 0.29) is 23.7 Å². The average molecular weight is 292 g/mol. The molecule has 0 radical (unpaired) electrons. The van der Waals surface area contributed by atoms with Gasteiger partial charge >= 0.3 is 5.97 Å². The van der Waals surface area contributed by atoms with Crippen LogP contribution in [0.15, 0.2) is 24.3 Å². The Morgan fingerprint density at radius 3 is 2.52 bits per heavy atom. The highest BCUT2D eigenvalue weighted by Gasteiger charge is 2.32. The van der Waals surface area contributed by atoms with Crippen molar-refractivity contribution in [2.24, 2.45) is 0 Å². The van der Waals surface area contributed by atoms with Gasteiger partial charge in [0.1, 0.15) is 6.61 Å². The van der Waals surface area contributed by atoms with Gasteiger partial charge < -0.3 is 20.5 Å². The lowest BCUT2D eigenvalue weighted by atomic mass is 10.0. The van der Waals surface area contributed by atoms with Crippen LogP contribution in [0.4, 0.5) is 0 Å². The lowest BCUT2D eigenvalue weighted by Gasteiger charge is -2.38. The lowest BCUT2D eigenvalue weighted by molar-refractivity contribution is -0.135. The number of carboxylic acids is 1. The number of benzene rings is 1. The predicted molar refractivity (Wildman–Crippen MR) is 77.3 cm³/mol.